The smallest absolute Gasteiger partial charge is 0.290 e. The van der Waals surface area contributed by atoms with Crippen molar-refractivity contribution in [2.75, 3.05) is 5.01 Å². The van der Waals surface area contributed by atoms with Gasteiger partial charge in [0.1, 0.15) is 5.82 Å². The van der Waals surface area contributed by atoms with Crippen LogP contribution < -0.4 is 16.5 Å². The number of rotatable bonds is 2. The van der Waals surface area contributed by atoms with E-state index < -0.39 is 22.9 Å². The Kier molecular flexibility index (Phi) is 4.08. The molecule has 21 heavy (non-hydrogen) atoms. The molecule has 0 saturated heterocycles. The maximum Gasteiger partial charge on any atom is 0.501 e. The number of alkyl halides is 3. The fourth-order valence-electron chi connectivity index (χ4n) is 1.37. The van der Waals surface area contributed by atoms with Crippen LogP contribution in [0.15, 0.2) is 23.0 Å². The molecule has 1 heterocycles. The third-order valence-electron chi connectivity index (χ3n) is 2.32. The summed E-state index contributed by atoms with van der Waals surface area (Å²) in [6.45, 7) is 0. The van der Waals surface area contributed by atoms with E-state index in [2.05, 4.69) is 15.0 Å². The minimum atomic E-state index is -4.93. The molecule has 0 saturated carbocycles. The Hall–Kier alpha value is -1.84. The van der Waals surface area contributed by atoms with E-state index in [-0.39, 0.29) is 21.4 Å². The molecule has 1 aromatic heterocycles. The number of hydrogen-bond acceptors (Lipinski definition) is 5. The Morgan fingerprint density at radius 3 is 2.43 bits per heavy atom. The number of halogens is 5. The summed E-state index contributed by atoms with van der Waals surface area (Å²) in [5.74, 6) is 3.65. The lowest BCUT2D eigenvalue weighted by Gasteiger charge is -2.18. The standard InChI is InChI=1S/C10H6Cl2F3N5O/c11-5-2-1-4(3-6(5)12)7-17-8(19-9(21)18-7)20(16)10(13,14)15/h1-3H,16H2,(H,17,18,19,21). The number of nitrogens with two attached hydrogens (primary N) is 1. The molecule has 0 amide bonds. The molecule has 0 aliphatic carbocycles. The van der Waals surface area contributed by atoms with Crippen molar-refractivity contribution < 1.29 is 13.2 Å². The third-order valence-corrected chi connectivity index (χ3v) is 3.06. The van der Waals surface area contributed by atoms with Gasteiger partial charge in [0.05, 0.1) is 10.0 Å². The normalized spacial score (nSPS) is 11.5. The second-order valence-electron chi connectivity index (χ2n) is 3.77. The highest BCUT2D eigenvalue weighted by Gasteiger charge is 2.37. The monoisotopic (exact) mass is 339 g/mol. The van der Waals surface area contributed by atoms with Crippen LogP contribution in [0.3, 0.4) is 0 Å². The Morgan fingerprint density at radius 1 is 1.19 bits per heavy atom. The molecule has 2 aromatic rings. The molecular formula is C10H6Cl2F3N5O. The quantitative estimate of drug-likeness (QED) is 0.498. The van der Waals surface area contributed by atoms with E-state index in [9.17, 15) is 18.0 Å². The maximum atomic E-state index is 12.5. The molecule has 0 radical (unpaired) electrons. The van der Waals surface area contributed by atoms with Crippen LogP contribution in [-0.4, -0.2) is 21.3 Å². The van der Waals surface area contributed by atoms with Crippen LogP contribution in [0.1, 0.15) is 0 Å². The van der Waals surface area contributed by atoms with Crippen LogP contribution in [0.2, 0.25) is 10.0 Å². The van der Waals surface area contributed by atoms with Gasteiger partial charge in [-0.15, -0.1) is 13.2 Å². The van der Waals surface area contributed by atoms with E-state index in [0.29, 0.717) is 0 Å². The first kappa shape index (κ1) is 15.5. The summed E-state index contributed by atoms with van der Waals surface area (Å²) in [7, 11) is 0. The van der Waals surface area contributed by atoms with Gasteiger partial charge in [-0.3, -0.25) is 4.98 Å². The molecule has 0 aliphatic rings. The molecule has 0 atom stereocenters. The van der Waals surface area contributed by atoms with Gasteiger partial charge in [0.25, 0.3) is 5.95 Å². The summed E-state index contributed by atoms with van der Waals surface area (Å²) in [5, 5.41) is -0.271. The first-order chi connectivity index (χ1) is 9.68. The van der Waals surface area contributed by atoms with Crippen molar-refractivity contribution in [1.82, 2.24) is 15.0 Å². The second-order valence-corrected chi connectivity index (χ2v) is 4.58. The lowest BCUT2D eigenvalue weighted by Crippen LogP contribution is -2.46. The zero-order valence-electron chi connectivity index (χ0n) is 9.95. The number of benzene rings is 1. The SMILES string of the molecule is NN(c1nc(-c2ccc(Cl)c(Cl)c2)[nH]c(=O)n1)C(F)(F)F. The Balaban J connectivity index is 2.53. The van der Waals surface area contributed by atoms with E-state index in [0.717, 1.165) is 0 Å². The van der Waals surface area contributed by atoms with Gasteiger partial charge in [-0.05, 0) is 18.2 Å². The molecule has 0 spiro atoms. The van der Waals surface area contributed by atoms with Crippen molar-refractivity contribution in [3.63, 3.8) is 0 Å². The highest BCUT2D eigenvalue weighted by atomic mass is 35.5. The minimum Gasteiger partial charge on any atom is -0.290 e. The average Bonchev–Trinajstić information content (AvgIpc) is 2.39. The molecule has 0 fully saturated rings. The number of aromatic nitrogens is 3. The Labute approximate surface area is 125 Å². The molecule has 112 valence electrons. The van der Waals surface area contributed by atoms with Crippen LogP contribution in [0.5, 0.6) is 0 Å². The fourth-order valence-corrected chi connectivity index (χ4v) is 1.67. The molecule has 0 aliphatic heterocycles. The van der Waals surface area contributed by atoms with Gasteiger partial charge >= 0.3 is 12.0 Å². The van der Waals surface area contributed by atoms with E-state index in [4.69, 9.17) is 29.0 Å². The molecule has 11 heteroatoms. The molecule has 0 unspecified atom stereocenters. The summed E-state index contributed by atoms with van der Waals surface area (Å²) >= 11 is 11.5. The van der Waals surface area contributed by atoms with Crippen molar-refractivity contribution in [1.29, 1.82) is 0 Å². The summed E-state index contributed by atoms with van der Waals surface area (Å²) in [5.41, 5.74) is -0.790. The van der Waals surface area contributed by atoms with Crippen LogP contribution >= 0.6 is 23.2 Å². The number of H-pyrrole nitrogens is 1. The number of hydrogen-bond donors (Lipinski definition) is 2. The van der Waals surface area contributed by atoms with E-state index >= 15 is 0 Å². The second kappa shape index (κ2) is 5.51. The highest BCUT2D eigenvalue weighted by Crippen LogP contribution is 2.27. The zero-order chi connectivity index (χ0) is 15.8. The van der Waals surface area contributed by atoms with Gasteiger partial charge in [-0.2, -0.15) is 15.0 Å². The Bertz CT molecular complexity index is 733. The minimum absolute atomic E-state index is 0.149. The van der Waals surface area contributed by atoms with Crippen LogP contribution in [0.25, 0.3) is 11.4 Å². The van der Waals surface area contributed by atoms with Gasteiger partial charge in [0.2, 0.25) is 0 Å². The van der Waals surface area contributed by atoms with Gasteiger partial charge < -0.3 is 0 Å². The van der Waals surface area contributed by atoms with Crippen LogP contribution in [0, 0.1) is 0 Å². The third kappa shape index (κ3) is 3.43. The number of nitrogens with zero attached hydrogens (tertiary/aromatic N) is 3. The predicted octanol–water partition coefficient (Wildman–Crippen LogP) is 2.34. The molecule has 0 bridgehead atoms. The van der Waals surface area contributed by atoms with Crippen LogP contribution in [-0.2, 0) is 0 Å². The average molecular weight is 340 g/mol. The van der Waals surface area contributed by atoms with E-state index in [1.165, 1.54) is 18.2 Å². The van der Waals surface area contributed by atoms with Crippen molar-refractivity contribution in [3.8, 4) is 11.4 Å². The van der Waals surface area contributed by atoms with Crippen molar-refractivity contribution in [3.05, 3.63) is 38.7 Å². The fraction of sp³-hybridized carbons (Fsp3) is 0.100. The van der Waals surface area contributed by atoms with E-state index in [1.54, 1.807) is 0 Å². The number of nitrogens with one attached hydrogen (secondary N) is 1. The summed E-state index contributed by atoms with van der Waals surface area (Å²) in [4.78, 5) is 20.2. The van der Waals surface area contributed by atoms with Gasteiger partial charge in [0.15, 0.2) is 0 Å². The van der Waals surface area contributed by atoms with Crippen molar-refractivity contribution >= 4 is 29.2 Å². The van der Waals surface area contributed by atoms with Crippen LogP contribution in [0.4, 0.5) is 19.1 Å². The number of hydrazine groups is 1. The van der Waals surface area contributed by atoms with E-state index in [1.807, 2.05) is 0 Å². The van der Waals surface area contributed by atoms with Gasteiger partial charge in [-0.25, -0.2) is 10.6 Å². The number of anilines is 1. The molecular weight excluding hydrogens is 334 g/mol. The largest absolute Gasteiger partial charge is 0.501 e. The first-order valence-electron chi connectivity index (χ1n) is 5.24. The lowest BCUT2D eigenvalue weighted by molar-refractivity contribution is -0.130. The summed E-state index contributed by atoms with van der Waals surface area (Å²) in [6.07, 6.45) is -4.93. The zero-order valence-corrected chi connectivity index (χ0v) is 11.5. The van der Waals surface area contributed by atoms with Crippen molar-refractivity contribution in [2.45, 2.75) is 6.30 Å². The summed E-state index contributed by atoms with van der Waals surface area (Å²) < 4.78 is 37.5. The molecule has 3 N–H and O–H groups in total. The van der Waals surface area contributed by atoms with Gasteiger partial charge in [-0.1, -0.05) is 23.2 Å². The van der Waals surface area contributed by atoms with Gasteiger partial charge in [0, 0.05) is 5.56 Å². The summed E-state index contributed by atoms with van der Waals surface area (Å²) in [6, 6.07) is 4.16. The predicted molar refractivity (Wildman–Crippen MR) is 70.8 cm³/mol. The molecule has 6 nitrogen and oxygen atoms in total. The molecule has 1 aromatic carbocycles. The van der Waals surface area contributed by atoms with Crippen molar-refractivity contribution in [2.24, 2.45) is 5.84 Å². The first-order valence-corrected chi connectivity index (χ1v) is 5.99. The number of aromatic amines is 1. The topological polar surface area (TPSA) is 87.9 Å². The Morgan fingerprint density at radius 2 is 1.86 bits per heavy atom. The molecule has 2 rings (SSSR count). The highest BCUT2D eigenvalue weighted by molar-refractivity contribution is 6.42. The maximum absolute atomic E-state index is 12.5. The lowest BCUT2D eigenvalue weighted by atomic mass is 10.2.